The number of likely N-dealkylation sites (tertiary alicyclic amines) is 1. The molecule has 206 valence electrons. The fourth-order valence-corrected chi connectivity index (χ4v) is 7.89. The van der Waals surface area contributed by atoms with Crippen LogP contribution < -0.4 is 0 Å². The molecule has 1 amide bonds. The first-order valence-electron chi connectivity index (χ1n) is 12.3. The van der Waals surface area contributed by atoms with Crippen molar-refractivity contribution < 1.29 is 17.9 Å². The van der Waals surface area contributed by atoms with Gasteiger partial charge in [-0.15, -0.1) is 24.8 Å². The van der Waals surface area contributed by atoms with Gasteiger partial charge in [-0.05, 0) is 64.4 Å². The van der Waals surface area contributed by atoms with Gasteiger partial charge >= 0.3 is 0 Å². The predicted molar refractivity (Wildman–Crippen MR) is 147 cm³/mol. The Morgan fingerprint density at radius 3 is 2.33 bits per heavy atom. The second kappa shape index (κ2) is 13.9. The van der Waals surface area contributed by atoms with Crippen LogP contribution in [0.4, 0.5) is 0 Å². The van der Waals surface area contributed by atoms with Gasteiger partial charge in [0, 0.05) is 44.8 Å². The first-order valence-corrected chi connectivity index (χ1v) is 14.1. The average Bonchev–Trinajstić information content (AvgIpc) is 3.29. The van der Waals surface area contributed by atoms with Crippen molar-refractivity contribution in [2.75, 3.05) is 66.1 Å². The number of benzene rings is 1. The van der Waals surface area contributed by atoms with Crippen molar-refractivity contribution in [2.45, 2.75) is 49.6 Å². The molecule has 3 heterocycles. The number of hydrogen-bond acceptors (Lipinski definition) is 6. The van der Waals surface area contributed by atoms with Gasteiger partial charge in [0.25, 0.3) is 0 Å². The van der Waals surface area contributed by atoms with Gasteiger partial charge in [-0.1, -0.05) is 23.7 Å². The smallest absolute Gasteiger partial charge is 0.248 e. The molecule has 0 aromatic heterocycles. The van der Waals surface area contributed by atoms with Crippen LogP contribution in [-0.2, 0) is 19.6 Å². The van der Waals surface area contributed by atoms with Crippen molar-refractivity contribution in [3.63, 3.8) is 0 Å². The summed E-state index contributed by atoms with van der Waals surface area (Å²) in [5.74, 6) is -0.0163. The quantitative estimate of drug-likeness (QED) is 0.490. The van der Waals surface area contributed by atoms with Gasteiger partial charge in [0.2, 0.25) is 15.9 Å². The number of rotatable bonds is 7. The summed E-state index contributed by atoms with van der Waals surface area (Å²) < 4.78 is 33.9. The minimum Gasteiger partial charge on any atom is -0.370 e. The van der Waals surface area contributed by atoms with E-state index < -0.39 is 10.0 Å². The van der Waals surface area contributed by atoms with E-state index in [0.29, 0.717) is 24.6 Å². The molecular weight excluding hydrogens is 547 g/mol. The third-order valence-electron chi connectivity index (χ3n) is 7.46. The molecule has 1 atom stereocenters. The summed E-state index contributed by atoms with van der Waals surface area (Å²) in [6, 6.07) is 5.46. The highest BCUT2D eigenvalue weighted by atomic mass is 35.5. The minimum atomic E-state index is -3.72. The molecular formula is C24H39Cl3N4O4S. The lowest BCUT2D eigenvalue weighted by molar-refractivity contribution is -0.138. The summed E-state index contributed by atoms with van der Waals surface area (Å²) in [5.41, 5.74) is 0.633. The molecule has 1 aromatic carbocycles. The molecule has 3 saturated heterocycles. The number of aryl methyl sites for hydroxylation is 1. The van der Waals surface area contributed by atoms with Crippen LogP contribution in [0.15, 0.2) is 23.1 Å². The zero-order chi connectivity index (χ0) is 24.3. The van der Waals surface area contributed by atoms with Gasteiger partial charge in [-0.25, -0.2) is 8.42 Å². The molecule has 1 aromatic rings. The molecule has 12 heteroatoms. The number of piperidine rings is 1. The number of carbonyl (C=O) groups is 1. The van der Waals surface area contributed by atoms with Crippen LogP contribution in [0.25, 0.3) is 0 Å². The Hall–Kier alpha value is -0.650. The van der Waals surface area contributed by atoms with E-state index in [4.69, 9.17) is 16.3 Å². The standard InChI is InChI=1S/C24H37ClN4O4S.2ClH/c1-19-5-3-7-22(25)24(19)34(31,32)29-10-4-6-21(29)17-33-18-23(30)28-15-13-27(14-16-28)20-8-11-26(2)12-9-20;;/h3,5,7,20-21H,4,6,8-18H2,1-2H3;2*1H/t21-;;/m0../s1. The number of amides is 1. The van der Waals surface area contributed by atoms with Gasteiger partial charge in [-0.3, -0.25) is 9.69 Å². The number of hydrogen-bond donors (Lipinski definition) is 0. The Morgan fingerprint density at radius 2 is 1.69 bits per heavy atom. The van der Waals surface area contributed by atoms with Crippen LogP contribution in [-0.4, -0.2) is 111 Å². The molecule has 3 fully saturated rings. The van der Waals surface area contributed by atoms with E-state index >= 15 is 0 Å². The maximum Gasteiger partial charge on any atom is 0.248 e. The lowest BCUT2D eigenvalue weighted by atomic mass is 10.0. The monoisotopic (exact) mass is 584 g/mol. The SMILES string of the molecule is Cc1cccc(Cl)c1S(=O)(=O)N1CCC[C@H]1COCC(=O)N1CCN(C2CCN(C)CC2)CC1.Cl.Cl. The summed E-state index contributed by atoms with van der Waals surface area (Å²) in [5, 5.41) is 0.237. The highest BCUT2D eigenvalue weighted by molar-refractivity contribution is 7.89. The molecule has 0 unspecified atom stereocenters. The number of halogens is 3. The molecule has 0 radical (unpaired) electrons. The molecule has 0 N–H and O–H groups in total. The summed E-state index contributed by atoms with van der Waals surface area (Å²) in [4.78, 5) is 19.7. The number of carbonyl (C=O) groups excluding carboxylic acids is 1. The van der Waals surface area contributed by atoms with Crippen LogP contribution in [0.5, 0.6) is 0 Å². The van der Waals surface area contributed by atoms with Crippen LogP contribution >= 0.6 is 36.4 Å². The second-order valence-electron chi connectivity index (χ2n) is 9.76. The maximum atomic E-state index is 13.3. The summed E-state index contributed by atoms with van der Waals surface area (Å²) >= 11 is 6.25. The van der Waals surface area contributed by atoms with Crippen LogP contribution in [0, 0.1) is 6.92 Å². The topological polar surface area (TPSA) is 73.4 Å². The molecule has 36 heavy (non-hydrogen) atoms. The molecule has 3 aliphatic heterocycles. The Balaban J connectivity index is 0.00000228. The summed E-state index contributed by atoms with van der Waals surface area (Å²) in [7, 11) is -1.55. The number of piperazine rings is 1. The minimum absolute atomic E-state index is 0. The Kier molecular flexibility index (Phi) is 12.2. The van der Waals surface area contributed by atoms with Crippen LogP contribution in [0.1, 0.15) is 31.2 Å². The van der Waals surface area contributed by atoms with Crippen molar-refractivity contribution in [3.8, 4) is 0 Å². The van der Waals surface area contributed by atoms with E-state index in [0.717, 1.165) is 45.7 Å². The fraction of sp³-hybridized carbons (Fsp3) is 0.708. The Bertz CT molecular complexity index is 948. The average molecular weight is 586 g/mol. The van der Waals surface area contributed by atoms with Gasteiger partial charge in [-0.2, -0.15) is 4.31 Å². The Morgan fingerprint density at radius 1 is 1.03 bits per heavy atom. The third-order valence-corrected chi connectivity index (χ3v) is 10.0. The maximum absolute atomic E-state index is 13.3. The second-order valence-corrected chi connectivity index (χ2v) is 12.0. The van der Waals surface area contributed by atoms with Gasteiger partial charge in [0.15, 0.2) is 0 Å². The summed E-state index contributed by atoms with van der Waals surface area (Å²) in [6.07, 6.45) is 3.87. The molecule has 0 saturated carbocycles. The number of sulfonamides is 1. The van der Waals surface area contributed by atoms with Crippen molar-refractivity contribution in [3.05, 3.63) is 28.8 Å². The summed E-state index contributed by atoms with van der Waals surface area (Å²) in [6.45, 7) is 7.95. The van der Waals surface area contributed by atoms with Crippen molar-refractivity contribution >= 4 is 52.3 Å². The van der Waals surface area contributed by atoms with Crippen molar-refractivity contribution in [2.24, 2.45) is 0 Å². The first kappa shape index (κ1) is 31.6. The zero-order valence-corrected chi connectivity index (χ0v) is 24.3. The lowest BCUT2D eigenvalue weighted by Gasteiger charge is -2.42. The molecule has 8 nitrogen and oxygen atoms in total. The van der Waals surface area contributed by atoms with Crippen molar-refractivity contribution in [1.29, 1.82) is 0 Å². The van der Waals surface area contributed by atoms with Crippen LogP contribution in [0.2, 0.25) is 5.02 Å². The highest BCUT2D eigenvalue weighted by Crippen LogP contribution is 2.32. The zero-order valence-electron chi connectivity index (χ0n) is 21.1. The molecule has 4 rings (SSSR count). The van der Waals surface area contributed by atoms with E-state index in [2.05, 4.69) is 16.8 Å². The predicted octanol–water partition coefficient (Wildman–Crippen LogP) is 2.90. The molecule has 3 aliphatic rings. The fourth-order valence-electron chi connectivity index (χ4n) is 5.42. The van der Waals surface area contributed by atoms with Gasteiger partial charge < -0.3 is 14.5 Å². The molecule has 0 aliphatic carbocycles. The number of ether oxygens (including phenoxy) is 1. The van der Waals surface area contributed by atoms with Crippen LogP contribution in [0.3, 0.4) is 0 Å². The van der Waals surface area contributed by atoms with E-state index in [9.17, 15) is 13.2 Å². The highest BCUT2D eigenvalue weighted by Gasteiger charge is 2.37. The molecule has 0 bridgehead atoms. The molecule has 0 spiro atoms. The number of nitrogens with zero attached hydrogens (tertiary/aromatic N) is 4. The van der Waals surface area contributed by atoms with Crippen molar-refractivity contribution in [1.82, 2.24) is 19.0 Å². The largest absolute Gasteiger partial charge is 0.370 e. The van der Waals surface area contributed by atoms with E-state index in [1.54, 1.807) is 25.1 Å². The van der Waals surface area contributed by atoms with Gasteiger partial charge in [0.05, 0.1) is 11.6 Å². The third kappa shape index (κ3) is 7.26. The van der Waals surface area contributed by atoms with E-state index in [-0.39, 0.29) is 59.9 Å². The first-order chi connectivity index (χ1) is 16.3. The van der Waals surface area contributed by atoms with E-state index in [1.165, 1.54) is 17.1 Å². The lowest BCUT2D eigenvalue weighted by Crippen LogP contribution is -2.54. The normalized spacial score (nSPS) is 22.8. The van der Waals surface area contributed by atoms with E-state index in [1.807, 2.05) is 4.90 Å². The Labute approximate surface area is 233 Å². The van der Waals surface area contributed by atoms with Gasteiger partial charge in [0.1, 0.15) is 11.5 Å².